The lowest BCUT2D eigenvalue weighted by Crippen LogP contribution is -1.81. The van der Waals surface area contributed by atoms with Gasteiger partial charge in [-0.15, -0.1) is 0 Å². The number of hydrogen-bond acceptors (Lipinski definition) is 0. The lowest BCUT2D eigenvalue weighted by atomic mass is 10.0. The number of halogens is 1. The van der Waals surface area contributed by atoms with E-state index in [1.165, 1.54) is 6.07 Å². The van der Waals surface area contributed by atoms with Crippen LogP contribution in [-0.2, 0) is 0 Å². The molecule has 0 saturated heterocycles. The minimum Gasteiger partial charge on any atom is -0.358 e. The van der Waals surface area contributed by atoms with E-state index >= 15 is 0 Å². The molecule has 0 atom stereocenters. The zero-order valence-electron chi connectivity index (χ0n) is 9.50. The number of rotatable bonds is 1. The van der Waals surface area contributed by atoms with Gasteiger partial charge in [-0.05, 0) is 30.7 Å². The van der Waals surface area contributed by atoms with Crippen molar-refractivity contribution in [2.45, 2.75) is 6.92 Å². The van der Waals surface area contributed by atoms with E-state index in [2.05, 4.69) is 11.1 Å². The van der Waals surface area contributed by atoms with Crippen molar-refractivity contribution in [2.24, 2.45) is 0 Å². The van der Waals surface area contributed by atoms with Crippen LogP contribution < -0.4 is 0 Å². The molecule has 1 aromatic heterocycles. The zero-order valence-corrected chi connectivity index (χ0v) is 9.50. The molecule has 17 heavy (non-hydrogen) atoms. The highest BCUT2D eigenvalue weighted by molar-refractivity contribution is 5.97. The lowest BCUT2D eigenvalue weighted by molar-refractivity contribution is 0.628. The largest absolute Gasteiger partial charge is 0.358 e. The standard InChI is InChI=1S/C15H12FN/c1-10-15(11-5-4-6-12(16)9-11)13-7-2-3-8-14(13)17-10/h2-9,17H,1H3. The molecule has 0 unspecified atom stereocenters. The summed E-state index contributed by atoms with van der Waals surface area (Å²) >= 11 is 0. The van der Waals surface area contributed by atoms with E-state index in [0.29, 0.717) is 0 Å². The summed E-state index contributed by atoms with van der Waals surface area (Å²) in [7, 11) is 0. The van der Waals surface area contributed by atoms with Gasteiger partial charge in [0, 0.05) is 22.2 Å². The van der Waals surface area contributed by atoms with Gasteiger partial charge in [-0.1, -0.05) is 30.3 Å². The molecule has 1 heterocycles. The van der Waals surface area contributed by atoms with Crippen LogP contribution in [-0.4, -0.2) is 4.98 Å². The van der Waals surface area contributed by atoms with Gasteiger partial charge >= 0.3 is 0 Å². The third-order valence-corrected chi connectivity index (χ3v) is 3.01. The van der Waals surface area contributed by atoms with Gasteiger partial charge in [0.1, 0.15) is 5.82 Å². The predicted octanol–water partition coefficient (Wildman–Crippen LogP) is 4.28. The summed E-state index contributed by atoms with van der Waals surface area (Å²) in [6.07, 6.45) is 0. The molecule has 2 aromatic carbocycles. The molecule has 1 nitrogen and oxygen atoms in total. The minimum atomic E-state index is -0.202. The number of nitrogens with one attached hydrogen (secondary N) is 1. The first kappa shape index (κ1) is 10.1. The first-order valence-electron chi connectivity index (χ1n) is 5.59. The van der Waals surface area contributed by atoms with Crippen molar-refractivity contribution in [2.75, 3.05) is 0 Å². The smallest absolute Gasteiger partial charge is 0.123 e. The van der Waals surface area contributed by atoms with Crippen LogP contribution in [0.25, 0.3) is 22.0 Å². The molecule has 84 valence electrons. The lowest BCUT2D eigenvalue weighted by Gasteiger charge is -2.01. The van der Waals surface area contributed by atoms with Crippen LogP contribution in [0.3, 0.4) is 0 Å². The number of benzene rings is 2. The predicted molar refractivity (Wildman–Crippen MR) is 68.4 cm³/mol. The van der Waals surface area contributed by atoms with Crippen LogP contribution in [0.1, 0.15) is 5.69 Å². The van der Waals surface area contributed by atoms with E-state index in [4.69, 9.17) is 0 Å². The topological polar surface area (TPSA) is 15.8 Å². The molecule has 0 amide bonds. The third-order valence-electron chi connectivity index (χ3n) is 3.01. The van der Waals surface area contributed by atoms with Crippen molar-refractivity contribution in [3.05, 3.63) is 60.0 Å². The maximum Gasteiger partial charge on any atom is 0.123 e. The molecule has 0 aliphatic carbocycles. The summed E-state index contributed by atoms with van der Waals surface area (Å²) in [5, 5.41) is 1.13. The number of aryl methyl sites for hydroxylation is 1. The molecule has 3 rings (SSSR count). The van der Waals surface area contributed by atoms with Gasteiger partial charge in [0.25, 0.3) is 0 Å². The van der Waals surface area contributed by atoms with Gasteiger partial charge in [0.15, 0.2) is 0 Å². The average molecular weight is 225 g/mol. The number of fused-ring (bicyclic) bond motifs is 1. The van der Waals surface area contributed by atoms with Crippen LogP contribution in [0.2, 0.25) is 0 Å². The van der Waals surface area contributed by atoms with Crippen molar-refractivity contribution < 1.29 is 4.39 Å². The van der Waals surface area contributed by atoms with Gasteiger partial charge in [0.2, 0.25) is 0 Å². The second-order valence-corrected chi connectivity index (χ2v) is 4.18. The molecule has 1 N–H and O–H groups in total. The molecule has 0 bridgehead atoms. The van der Waals surface area contributed by atoms with Crippen LogP contribution >= 0.6 is 0 Å². The normalized spacial score (nSPS) is 10.9. The van der Waals surface area contributed by atoms with Crippen molar-refractivity contribution in [3.63, 3.8) is 0 Å². The fraction of sp³-hybridized carbons (Fsp3) is 0.0667. The Kier molecular flexibility index (Phi) is 2.22. The van der Waals surface area contributed by atoms with Crippen LogP contribution in [0.5, 0.6) is 0 Å². The van der Waals surface area contributed by atoms with Gasteiger partial charge in [0.05, 0.1) is 0 Å². The fourth-order valence-electron chi connectivity index (χ4n) is 2.29. The minimum absolute atomic E-state index is 0.202. The first-order chi connectivity index (χ1) is 8.25. The fourth-order valence-corrected chi connectivity index (χ4v) is 2.29. The quantitative estimate of drug-likeness (QED) is 0.636. The Hall–Kier alpha value is -2.09. The highest BCUT2D eigenvalue weighted by atomic mass is 19.1. The van der Waals surface area contributed by atoms with Crippen LogP contribution in [0.4, 0.5) is 4.39 Å². The Bertz CT molecular complexity index is 682. The number of para-hydroxylation sites is 1. The van der Waals surface area contributed by atoms with Crippen molar-refractivity contribution in [1.29, 1.82) is 0 Å². The molecule has 0 fully saturated rings. The molecule has 0 aliphatic heterocycles. The maximum atomic E-state index is 13.3. The summed E-state index contributed by atoms with van der Waals surface area (Å²) in [6, 6.07) is 14.8. The number of H-pyrrole nitrogens is 1. The van der Waals surface area contributed by atoms with Gasteiger partial charge in [-0.2, -0.15) is 0 Å². The Balaban J connectivity index is 2.33. The van der Waals surface area contributed by atoms with Crippen molar-refractivity contribution in [1.82, 2.24) is 4.98 Å². The highest BCUT2D eigenvalue weighted by Gasteiger charge is 2.10. The second-order valence-electron chi connectivity index (χ2n) is 4.18. The number of aromatic amines is 1. The van der Waals surface area contributed by atoms with E-state index in [0.717, 1.165) is 27.7 Å². The molecule has 2 heteroatoms. The maximum absolute atomic E-state index is 13.3. The summed E-state index contributed by atoms with van der Waals surface area (Å²) in [5.41, 5.74) is 4.15. The summed E-state index contributed by atoms with van der Waals surface area (Å²) < 4.78 is 13.3. The van der Waals surface area contributed by atoms with Gasteiger partial charge in [-0.25, -0.2) is 4.39 Å². The number of aromatic nitrogens is 1. The molecule has 0 saturated carbocycles. The third kappa shape index (κ3) is 1.62. The Morgan fingerprint density at radius 3 is 2.65 bits per heavy atom. The average Bonchev–Trinajstić information content (AvgIpc) is 2.64. The van der Waals surface area contributed by atoms with Gasteiger partial charge in [-0.3, -0.25) is 0 Å². The highest BCUT2D eigenvalue weighted by Crippen LogP contribution is 2.32. The summed E-state index contributed by atoms with van der Waals surface area (Å²) in [5.74, 6) is -0.202. The Morgan fingerprint density at radius 1 is 1.00 bits per heavy atom. The summed E-state index contributed by atoms with van der Waals surface area (Å²) in [6.45, 7) is 2.01. The monoisotopic (exact) mass is 225 g/mol. The Morgan fingerprint density at radius 2 is 1.82 bits per heavy atom. The molecule has 0 radical (unpaired) electrons. The Labute approximate surface area is 98.9 Å². The molecular formula is C15H12FN. The number of hydrogen-bond donors (Lipinski definition) is 1. The van der Waals surface area contributed by atoms with Gasteiger partial charge < -0.3 is 4.98 Å². The first-order valence-corrected chi connectivity index (χ1v) is 5.59. The van der Waals surface area contributed by atoms with E-state index in [1.54, 1.807) is 12.1 Å². The molecule has 0 spiro atoms. The van der Waals surface area contributed by atoms with Crippen molar-refractivity contribution in [3.8, 4) is 11.1 Å². The molecular weight excluding hydrogens is 213 g/mol. The van der Waals surface area contributed by atoms with Crippen molar-refractivity contribution >= 4 is 10.9 Å². The van der Waals surface area contributed by atoms with E-state index in [9.17, 15) is 4.39 Å². The van der Waals surface area contributed by atoms with E-state index in [-0.39, 0.29) is 5.82 Å². The van der Waals surface area contributed by atoms with E-state index in [1.807, 2.05) is 31.2 Å². The molecule has 3 aromatic rings. The zero-order chi connectivity index (χ0) is 11.8. The second kappa shape index (κ2) is 3.74. The van der Waals surface area contributed by atoms with Crippen LogP contribution in [0.15, 0.2) is 48.5 Å². The summed E-state index contributed by atoms with van der Waals surface area (Å²) in [4.78, 5) is 3.32. The van der Waals surface area contributed by atoms with E-state index < -0.39 is 0 Å². The SMILES string of the molecule is Cc1[nH]c2ccccc2c1-c1cccc(F)c1. The van der Waals surface area contributed by atoms with Crippen LogP contribution in [0, 0.1) is 12.7 Å². The molecule has 0 aliphatic rings.